The molecule has 0 amide bonds. The minimum absolute atomic E-state index is 0.634. The summed E-state index contributed by atoms with van der Waals surface area (Å²) in [6.45, 7) is 0. The summed E-state index contributed by atoms with van der Waals surface area (Å²) in [5, 5.41) is 0. The third-order valence-corrected chi connectivity index (χ3v) is 0.847. The molecule has 0 aliphatic heterocycles. The molecule has 1 aliphatic rings. The zero-order valence-corrected chi connectivity index (χ0v) is 3.15. The SMILES string of the molecule is [NH3+]C1C=CC1. The highest BCUT2D eigenvalue weighted by atomic mass is 14.6. The van der Waals surface area contributed by atoms with Crippen LogP contribution in [-0.2, 0) is 0 Å². The van der Waals surface area contributed by atoms with E-state index < -0.39 is 0 Å². The van der Waals surface area contributed by atoms with Crippen LogP contribution in [0.5, 0.6) is 0 Å². The van der Waals surface area contributed by atoms with Gasteiger partial charge in [0, 0.05) is 6.42 Å². The molecule has 5 heavy (non-hydrogen) atoms. The van der Waals surface area contributed by atoms with Crippen LogP contribution in [0, 0.1) is 0 Å². The van der Waals surface area contributed by atoms with Crippen LogP contribution in [0.4, 0.5) is 0 Å². The van der Waals surface area contributed by atoms with Gasteiger partial charge in [-0.05, 0) is 6.08 Å². The molecule has 3 N–H and O–H groups in total. The molecule has 0 spiro atoms. The first-order valence-electron chi connectivity index (χ1n) is 1.89. The van der Waals surface area contributed by atoms with Crippen molar-refractivity contribution in [3.8, 4) is 0 Å². The molecule has 1 rings (SSSR count). The van der Waals surface area contributed by atoms with Crippen molar-refractivity contribution >= 4 is 0 Å². The Labute approximate surface area is 31.5 Å². The van der Waals surface area contributed by atoms with Gasteiger partial charge < -0.3 is 5.73 Å². The van der Waals surface area contributed by atoms with Gasteiger partial charge >= 0.3 is 0 Å². The number of hydrogen-bond acceptors (Lipinski definition) is 0. The quantitative estimate of drug-likeness (QED) is 0.374. The summed E-state index contributed by atoms with van der Waals surface area (Å²) in [4.78, 5) is 0. The first-order chi connectivity index (χ1) is 2.39. The highest BCUT2D eigenvalue weighted by Gasteiger charge is 2.03. The molecule has 0 heterocycles. The highest BCUT2D eigenvalue weighted by molar-refractivity contribution is 5.01. The Morgan fingerprint density at radius 1 is 1.80 bits per heavy atom. The molecular weight excluding hydrogens is 62.1 g/mol. The van der Waals surface area contributed by atoms with Gasteiger partial charge in [0.25, 0.3) is 0 Å². The molecule has 0 aromatic rings. The number of rotatable bonds is 0. The van der Waals surface area contributed by atoms with Crippen LogP contribution in [0.2, 0.25) is 0 Å². The fraction of sp³-hybridized carbons (Fsp3) is 0.500. The summed E-state index contributed by atoms with van der Waals surface area (Å²) >= 11 is 0. The monoisotopic (exact) mass is 70.1 g/mol. The van der Waals surface area contributed by atoms with Crippen molar-refractivity contribution in [3.05, 3.63) is 12.2 Å². The van der Waals surface area contributed by atoms with Gasteiger partial charge in [0.15, 0.2) is 0 Å². The van der Waals surface area contributed by atoms with Crippen LogP contribution in [0.15, 0.2) is 12.2 Å². The maximum Gasteiger partial charge on any atom is 0.106 e. The molecule has 1 atom stereocenters. The molecule has 0 aromatic carbocycles. The second kappa shape index (κ2) is 0.830. The number of quaternary nitrogens is 1. The average molecular weight is 70.1 g/mol. The lowest BCUT2D eigenvalue weighted by Crippen LogP contribution is -2.61. The van der Waals surface area contributed by atoms with Gasteiger partial charge in [0.2, 0.25) is 0 Å². The summed E-state index contributed by atoms with van der Waals surface area (Å²) in [5.41, 5.74) is 3.76. The predicted molar refractivity (Wildman–Crippen MR) is 20.4 cm³/mol. The molecule has 1 heteroatoms. The number of hydrogen-bond donors (Lipinski definition) is 1. The van der Waals surface area contributed by atoms with Gasteiger partial charge in [-0.2, -0.15) is 0 Å². The minimum atomic E-state index is 0.634. The summed E-state index contributed by atoms with van der Waals surface area (Å²) in [6, 6.07) is 0.634. The molecule has 0 fully saturated rings. The molecule has 0 saturated carbocycles. The van der Waals surface area contributed by atoms with Gasteiger partial charge in [0.1, 0.15) is 6.04 Å². The highest BCUT2D eigenvalue weighted by Crippen LogP contribution is 1.99. The lowest BCUT2D eigenvalue weighted by Gasteiger charge is -2.04. The van der Waals surface area contributed by atoms with Crippen molar-refractivity contribution in [2.75, 3.05) is 0 Å². The molecule has 0 radical (unpaired) electrons. The van der Waals surface area contributed by atoms with E-state index in [1.165, 1.54) is 6.42 Å². The van der Waals surface area contributed by atoms with Crippen LogP contribution in [-0.4, -0.2) is 6.04 Å². The van der Waals surface area contributed by atoms with Crippen LogP contribution in [0.3, 0.4) is 0 Å². The standard InChI is InChI=1S/C4H7N/c5-4-2-1-3-4/h1-2,4H,3,5H2/p+1. The van der Waals surface area contributed by atoms with Crippen LogP contribution in [0.1, 0.15) is 6.42 Å². The van der Waals surface area contributed by atoms with Crippen molar-refractivity contribution in [1.82, 2.24) is 0 Å². The Kier molecular flexibility index (Phi) is 0.484. The lowest BCUT2D eigenvalue weighted by atomic mass is 10.1. The molecule has 0 aromatic heterocycles. The van der Waals surface area contributed by atoms with E-state index in [1.807, 2.05) is 0 Å². The van der Waals surface area contributed by atoms with Gasteiger partial charge in [0.05, 0.1) is 0 Å². The van der Waals surface area contributed by atoms with E-state index in [-0.39, 0.29) is 0 Å². The van der Waals surface area contributed by atoms with Crippen LogP contribution < -0.4 is 5.73 Å². The topological polar surface area (TPSA) is 27.6 Å². The summed E-state index contributed by atoms with van der Waals surface area (Å²) < 4.78 is 0. The van der Waals surface area contributed by atoms with Crippen LogP contribution >= 0.6 is 0 Å². The van der Waals surface area contributed by atoms with Crippen molar-refractivity contribution in [2.45, 2.75) is 12.5 Å². The Morgan fingerprint density at radius 2 is 2.20 bits per heavy atom. The fourth-order valence-electron chi connectivity index (χ4n) is 0.329. The van der Waals surface area contributed by atoms with Crippen molar-refractivity contribution in [2.24, 2.45) is 0 Å². The molecule has 1 unspecified atom stereocenters. The van der Waals surface area contributed by atoms with E-state index in [9.17, 15) is 0 Å². The third kappa shape index (κ3) is 0.329. The van der Waals surface area contributed by atoms with E-state index in [1.54, 1.807) is 0 Å². The largest absolute Gasteiger partial charge is 0.352 e. The van der Waals surface area contributed by atoms with Crippen molar-refractivity contribution in [1.29, 1.82) is 0 Å². The summed E-state index contributed by atoms with van der Waals surface area (Å²) in [7, 11) is 0. The third-order valence-electron chi connectivity index (χ3n) is 0.847. The van der Waals surface area contributed by atoms with E-state index in [0.717, 1.165) is 0 Å². The van der Waals surface area contributed by atoms with Gasteiger partial charge in [-0.1, -0.05) is 6.08 Å². The molecule has 0 saturated heterocycles. The average Bonchev–Trinajstić information content (AvgIpc) is 1.30. The molecular formula is C4H8N+. The second-order valence-electron chi connectivity index (χ2n) is 1.42. The summed E-state index contributed by atoms with van der Waals surface area (Å²) in [5.74, 6) is 0. The lowest BCUT2D eigenvalue weighted by molar-refractivity contribution is -0.406. The van der Waals surface area contributed by atoms with E-state index in [4.69, 9.17) is 0 Å². The van der Waals surface area contributed by atoms with E-state index in [2.05, 4.69) is 17.9 Å². The summed E-state index contributed by atoms with van der Waals surface area (Å²) in [6.07, 6.45) is 5.44. The second-order valence-corrected chi connectivity index (χ2v) is 1.42. The molecule has 28 valence electrons. The smallest absolute Gasteiger partial charge is 0.106 e. The first-order valence-corrected chi connectivity index (χ1v) is 1.89. The fourth-order valence-corrected chi connectivity index (χ4v) is 0.329. The molecule has 1 nitrogen and oxygen atoms in total. The zero-order chi connectivity index (χ0) is 3.70. The Hall–Kier alpha value is -0.300. The Balaban J connectivity index is 2.39. The van der Waals surface area contributed by atoms with Gasteiger partial charge in [-0.15, -0.1) is 0 Å². The zero-order valence-electron chi connectivity index (χ0n) is 3.15. The van der Waals surface area contributed by atoms with Gasteiger partial charge in [-0.3, -0.25) is 0 Å². The maximum absolute atomic E-state index is 3.76. The Morgan fingerprint density at radius 3 is 2.20 bits per heavy atom. The van der Waals surface area contributed by atoms with Crippen molar-refractivity contribution in [3.63, 3.8) is 0 Å². The minimum Gasteiger partial charge on any atom is -0.352 e. The van der Waals surface area contributed by atoms with E-state index in [0.29, 0.717) is 6.04 Å². The van der Waals surface area contributed by atoms with Gasteiger partial charge in [-0.25, -0.2) is 0 Å². The molecule has 0 bridgehead atoms. The molecule has 1 aliphatic carbocycles. The maximum atomic E-state index is 3.76. The first kappa shape index (κ1) is 2.91. The Bertz CT molecular complexity index is 56.7. The van der Waals surface area contributed by atoms with E-state index >= 15 is 0 Å². The normalized spacial score (nSPS) is 33.4. The predicted octanol–water partition coefficient (Wildman–Crippen LogP) is -0.443. The van der Waals surface area contributed by atoms with Crippen LogP contribution in [0.25, 0.3) is 0 Å². The van der Waals surface area contributed by atoms with Crippen molar-refractivity contribution < 1.29 is 5.73 Å².